The highest BCUT2D eigenvalue weighted by atomic mass is 16.1. The third kappa shape index (κ3) is 3.44. The highest BCUT2D eigenvalue weighted by molar-refractivity contribution is 5.98. The van der Waals surface area contributed by atoms with Crippen molar-refractivity contribution in [1.82, 2.24) is 0 Å². The summed E-state index contributed by atoms with van der Waals surface area (Å²) in [6.07, 6.45) is 6.99. The molecule has 0 spiro atoms. The molecule has 1 aliphatic rings. The van der Waals surface area contributed by atoms with Gasteiger partial charge in [-0.3, -0.25) is 4.79 Å². The number of benzene rings is 1. The summed E-state index contributed by atoms with van der Waals surface area (Å²) < 4.78 is 0. The molecule has 98 valence electrons. The molecule has 18 heavy (non-hydrogen) atoms. The molecule has 1 heteroatoms. The summed E-state index contributed by atoms with van der Waals surface area (Å²) >= 11 is 0. The first kappa shape index (κ1) is 13.3. The Labute approximate surface area is 111 Å². The first-order valence-corrected chi connectivity index (χ1v) is 7.30. The Balaban J connectivity index is 2.09. The van der Waals surface area contributed by atoms with Crippen molar-refractivity contribution < 1.29 is 4.79 Å². The van der Waals surface area contributed by atoms with Gasteiger partial charge in [-0.15, -0.1) is 0 Å². The molecule has 1 aromatic carbocycles. The van der Waals surface area contributed by atoms with E-state index in [4.69, 9.17) is 0 Å². The van der Waals surface area contributed by atoms with E-state index in [0.717, 1.165) is 24.8 Å². The van der Waals surface area contributed by atoms with E-state index in [0.29, 0.717) is 11.7 Å². The zero-order valence-corrected chi connectivity index (χ0v) is 11.6. The average Bonchev–Trinajstić information content (AvgIpc) is 2.38. The monoisotopic (exact) mass is 244 g/mol. The molecule has 1 nitrogen and oxygen atoms in total. The fourth-order valence-electron chi connectivity index (χ4n) is 2.92. The fraction of sp³-hybridized carbons (Fsp3) is 0.588. The average molecular weight is 244 g/mol. The van der Waals surface area contributed by atoms with Gasteiger partial charge in [-0.2, -0.15) is 0 Å². The first-order valence-electron chi connectivity index (χ1n) is 7.30. The Hall–Kier alpha value is -1.11. The van der Waals surface area contributed by atoms with Crippen molar-refractivity contribution in [3.63, 3.8) is 0 Å². The summed E-state index contributed by atoms with van der Waals surface area (Å²) in [6, 6.07) is 8.27. The van der Waals surface area contributed by atoms with Crippen LogP contribution in [0.5, 0.6) is 0 Å². The Morgan fingerprint density at radius 1 is 1.22 bits per heavy atom. The standard InChI is InChI=1S/C17H24O/c1-13(2)11-14-7-6-10-16(12-14)17(18)15-8-4-3-5-9-15/h6-7,10,12-13,15H,3-5,8-9,11H2,1-2H3. The summed E-state index contributed by atoms with van der Waals surface area (Å²) in [5.41, 5.74) is 2.23. The highest BCUT2D eigenvalue weighted by Gasteiger charge is 2.22. The second kappa shape index (κ2) is 6.17. The SMILES string of the molecule is CC(C)Cc1cccc(C(=O)C2CCCCC2)c1. The maximum Gasteiger partial charge on any atom is 0.165 e. The minimum Gasteiger partial charge on any atom is -0.294 e. The molecule has 0 heterocycles. The normalized spacial score (nSPS) is 17.1. The van der Waals surface area contributed by atoms with E-state index in [1.54, 1.807) is 0 Å². The molecule has 0 aliphatic heterocycles. The Kier molecular flexibility index (Phi) is 4.57. The number of carbonyl (C=O) groups is 1. The van der Waals surface area contributed by atoms with E-state index in [1.807, 2.05) is 12.1 Å². The quantitative estimate of drug-likeness (QED) is 0.705. The van der Waals surface area contributed by atoms with Crippen LogP contribution in [0.3, 0.4) is 0 Å². The van der Waals surface area contributed by atoms with Crippen LogP contribution in [-0.4, -0.2) is 5.78 Å². The van der Waals surface area contributed by atoms with Gasteiger partial charge in [0.15, 0.2) is 5.78 Å². The van der Waals surface area contributed by atoms with Crippen molar-refractivity contribution in [3.8, 4) is 0 Å². The lowest BCUT2D eigenvalue weighted by atomic mass is 9.83. The summed E-state index contributed by atoms with van der Waals surface area (Å²) in [5.74, 6) is 1.30. The predicted octanol–water partition coefficient (Wildman–Crippen LogP) is 4.65. The van der Waals surface area contributed by atoms with Crippen molar-refractivity contribution in [2.24, 2.45) is 11.8 Å². The second-order valence-corrected chi connectivity index (χ2v) is 6.00. The summed E-state index contributed by atoms with van der Waals surface area (Å²) in [5, 5.41) is 0. The van der Waals surface area contributed by atoms with Crippen molar-refractivity contribution in [3.05, 3.63) is 35.4 Å². The zero-order chi connectivity index (χ0) is 13.0. The van der Waals surface area contributed by atoms with Crippen molar-refractivity contribution >= 4 is 5.78 Å². The molecule has 0 amide bonds. The maximum absolute atomic E-state index is 12.4. The van der Waals surface area contributed by atoms with Gasteiger partial charge in [0.25, 0.3) is 0 Å². The van der Waals surface area contributed by atoms with Crippen LogP contribution in [-0.2, 0) is 6.42 Å². The molecule has 2 rings (SSSR count). The van der Waals surface area contributed by atoms with Crippen LogP contribution in [0.15, 0.2) is 24.3 Å². The Morgan fingerprint density at radius 2 is 1.94 bits per heavy atom. The van der Waals surface area contributed by atoms with Gasteiger partial charge >= 0.3 is 0 Å². The first-order chi connectivity index (χ1) is 8.66. The lowest BCUT2D eigenvalue weighted by Crippen LogP contribution is -2.18. The number of carbonyl (C=O) groups excluding carboxylic acids is 1. The third-order valence-electron chi connectivity index (χ3n) is 3.83. The van der Waals surface area contributed by atoms with Gasteiger partial charge in [0, 0.05) is 11.5 Å². The lowest BCUT2D eigenvalue weighted by molar-refractivity contribution is 0.0889. The van der Waals surface area contributed by atoms with E-state index >= 15 is 0 Å². The molecule has 1 aliphatic carbocycles. The van der Waals surface area contributed by atoms with Crippen molar-refractivity contribution in [1.29, 1.82) is 0 Å². The van der Waals surface area contributed by atoms with Gasteiger partial charge in [-0.1, -0.05) is 51.3 Å². The molecule has 0 atom stereocenters. The number of Topliss-reactive ketones (excluding diaryl/α,β-unsaturated/α-hetero) is 1. The van der Waals surface area contributed by atoms with Gasteiger partial charge in [-0.25, -0.2) is 0 Å². The van der Waals surface area contributed by atoms with E-state index in [9.17, 15) is 4.79 Å². The van der Waals surface area contributed by atoms with Crippen LogP contribution in [0.2, 0.25) is 0 Å². The molecular formula is C17H24O. The van der Waals surface area contributed by atoms with Gasteiger partial charge in [0.2, 0.25) is 0 Å². The van der Waals surface area contributed by atoms with E-state index in [1.165, 1.54) is 24.8 Å². The largest absolute Gasteiger partial charge is 0.294 e. The van der Waals surface area contributed by atoms with Crippen LogP contribution in [0, 0.1) is 11.8 Å². The number of hydrogen-bond acceptors (Lipinski definition) is 1. The third-order valence-corrected chi connectivity index (χ3v) is 3.83. The van der Waals surface area contributed by atoms with Gasteiger partial charge in [-0.05, 0) is 36.8 Å². The van der Waals surface area contributed by atoms with E-state index < -0.39 is 0 Å². The number of hydrogen-bond donors (Lipinski definition) is 0. The Morgan fingerprint density at radius 3 is 2.61 bits per heavy atom. The van der Waals surface area contributed by atoms with Gasteiger partial charge < -0.3 is 0 Å². The minimum atomic E-state index is 0.285. The van der Waals surface area contributed by atoms with Gasteiger partial charge in [0.1, 0.15) is 0 Å². The molecule has 0 N–H and O–H groups in total. The molecule has 1 saturated carbocycles. The summed E-state index contributed by atoms with van der Waals surface area (Å²) in [4.78, 5) is 12.4. The van der Waals surface area contributed by atoms with Crippen LogP contribution < -0.4 is 0 Å². The highest BCUT2D eigenvalue weighted by Crippen LogP contribution is 2.27. The number of ketones is 1. The molecular weight excluding hydrogens is 220 g/mol. The molecule has 1 fully saturated rings. The van der Waals surface area contributed by atoms with Gasteiger partial charge in [0.05, 0.1) is 0 Å². The zero-order valence-electron chi connectivity index (χ0n) is 11.6. The topological polar surface area (TPSA) is 17.1 Å². The molecule has 0 radical (unpaired) electrons. The molecule has 0 saturated heterocycles. The van der Waals surface area contributed by atoms with Crippen molar-refractivity contribution in [2.75, 3.05) is 0 Å². The lowest BCUT2D eigenvalue weighted by Gasteiger charge is -2.20. The molecule has 1 aromatic rings. The van der Waals surface area contributed by atoms with Crippen LogP contribution in [0.1, 0.15) is 61.9 Å². The fourth-order valence-corrected chi connectivity index (χ4v) is 2.92. The Bertz CT molecular complexity index is 400. The van der Waals surface area contributed by atoms with Crippen molar-refractivity contribution in [2.45, 2.75) is 52.4 Å². The van der Waals surface area contributed by atoms with E-state index in [2.05, 4.69) is 26.0 Å². The maximum atomic E-state index is 12.4. The molecule has 0 bridgehead atoms. The van der Waals surface area contributed by atoms with Crippen LogP contribution in [0.4, 0.5) is 0 Å². The smallest absolute Gasteiger partial charge is 0.165 e. The van der Waals surface area contributed by atoms with E-state index in [-0.39, 0.29) is 5.92 Å². The minimum absolute atomic E-state index is 0.285. The van der Waals surface area contributed by atoms with Crippen LogP contribution in [0.25, 0.3) is 0 Å². The molecule has 0 aromatic heterocycles. The molecule has 0 unspecified atom stereocenters. The van der Waals surface area contributed by atoms with Crippen LogP contribution >= 0.6 is 0 Å². The summed E-state index contributed by atoms with van der Waals surface area (Å²) in [6.45, 7) is 4.44. The summed E-state index contributed by atoms with van der Waals surface area (Å²) in [7, 11) is 0. The second-order valence-electron chi connectivity index (χ2n) is 6.00. The predicted molar refractivity (Wildman–Crippen MR) is 75.9 cm³/mol. The number of rotatable bonds is 4.